The van der Waals surface area contributed by atoms with Gasteiger partial charge in [0.05, 0.1) is 11.7 Å². The number of carboxylic acids is 1. The largest absolute Gasteiger partial charge is 0.478 e. The Morgan fingerprint density at radius 3 is 2.78 bits per heavy atom. The van der Waals surface area contributed by atoms with E-state index in [1.54, 1.807) is 19.2 Å². The molecule has 0 radical (unpaired) electrons. The molecule has 4 nitrogen and oxygen atoms in total. The van der Waals surface area contributed by atoms with Gasteiger partial charge in [-0.3, -0.25) is 0 Å². The molecule has 1 aromatic carbocycles. The second-order valence-electron chi connectivity index (χ2n) is 4.85. The summed E-state index contributed by atoms with van der Waals surface area (Å²) in [7, 11) is 1.75. The lowest BCUT2D eigenvalue weighted by Gasteiger charge is -2.16. The molecule has 1 aliphatic rings. The van der Waals surface area contributed by atoms with Crippen LogP contribution in [0.1, 0.15) is 35.2 Å². The number of methoxy groups -OCH3 is 1. The molecule has 1 saturated carbocycles. The summed E-state index contributed by atoms with van der Waals surface area (Å²) < 4.78 is 5.34. The van der Waals surface area contributed by atoms with E-state index in [1.807, 2.05) is 13.0 Å². The molecule has 0 aromatic heterocycles. The van der Waals surface area contributed by atoms with Crippen molar-refractivity contribution in [3.05, 3.63) is 29.3 Å². The van der Waals surface area contributed by atoms with E-state index < -0.39 is 5.97 Å². The number of carboxylic acid groups (broad SMARTS) is 1. The smallest absolute Gasteiger partial charge is 0.335 e. The van der Waals surface area contributed by atoms with Gasteiger partial charge >= 0.3 is 5.97 Å². The average molecular weight is 249 g/mol. The van der Waals surface area contributed by atoms with Crippen LogP contribution in [0.15, 0.2) is 18.2 Å². The highest BCUT2D eigenvalue weighted by Gasteiger charge is 2.24. The molecule has 0 heterocycles. The number of aromatic carboxylic acids is 1. The Balaban J connectivity index is 2.04. The van der Waals surface area contributed by atoms with Crippen molar-refractivity contribution in [2.75, 3.05) is 12.4 Å². The zero-order valence-electron chi connectivity index (χ0n) is 10.8. The standard InChI is InChI=1S/C14H19NO3/c1-9-7-10(14(16)17)3-6-13(9)15-11-4-5-12(8-11)18-2/h3,6-7,11-12,15H,4-5,8H2,1-2H3,(H,16,17). The molecule has 4 heteroatoms. The van der Waals surface area contributed by atoms with Crippen LogP contribution >= 0.6 is 0 Å². The molecule has 0 saturated heterocycles. The number of ether oxygens (including phenoxy) is 1. The van der Waals surface area contributed by atoms with Crippen molar-refractivity contribution < 1.29 is 14.6 Å². The predicted molar refractivity (Wildman–Crippen MR) is 70.2 cm³/mol. The molecule has 2 atom stereocenters. The van der Waals surface area contributed by atoms with Gasteiger partial charge in [-0.05, 0) is 49.9 Å². The fourth-order valence-electron chi connectivity index (χ4n) is 2.46. The summed E-state index contributed by atoms with van der Waals surface area (Å²) in [5, 5.41) is 12.4. The first kappa shape index (κ1) is 12.9. The monoisotopic (exact) mass is 249 g/mol. The number of nitrogens with one attached hydrogen (secondary N) is 1. The minimum Gasteiger partial charge on any atom is -0.478 e. The van der Waals surface area contributed by atoms with Gasteiger partial charge < -0.3 is 15.2 Å². The van der Waals surface area contributed by atoms with Crippen molar-refractivity contribution in [3.63, 3.8) is 0 Å². The second kappa shape index (κ2) is 5.40. The highest BCUT2D eigenvalue weighted by molar-refractivity contribution is 5.88. The molecule has 1 fully saturated rings. The van der Waals surface area contributed by atoms with Gasteiger partial charge in [0.15, 0.2) is 0 Å². The van der Waals surface area contributed by atoms with Crippen molar-refractivity contribution in [1.29, 1.82) is 0 Å². The first-order valence-corrected chi connectivity index (χ1v) is 6.23. The predicted octanol–water partition coefficient (Wildman–Crippen LogP) is 2.67. The van der Waals surface area contributed by atoms with Gasteiger partial charge in [0.25, 0.3) is 0 Å². The number of carbonyl (C=O) groups is 1. The zero-order valence-corrected chi connectivity index (χ0v) is 10.8. The van der Waals surface area contributed by atoms with Crippen molar-refractivity contribution in [1.82, 2.24) is 0 Å². The van der Waals surface area contributed by atoms with Crippen LogP contribution in [-0.4, -0.2) is 30.3 Å². The molecule has 2 rings (SSSR count). The fourth-order valence-corrected chi connectivity index (χ4v) is 2.46. The summed E-state index contributed by atoms with van der Waals surface area (Å²) >= 11 is 0. The fraction of sp³-hybridized carbons (Fsp3) is 0.500. The van der Waals surface area contributed by atoms with E-state index in [0.29, 0.717) is 17.7 Å². The van der Waals surface area contributed by atoms with Crippen molar-refractivity contribution in [2.45, 2.75) is 38.3 Å². The van der Waals surface area contributed by atoms with E-state index in [0.717, 1.165) is 30.5 Å². The maximum absolute atomic E-state index is 10.9. The van der Waals surface area contributed by atoms with Gasteiger partial charge in [-0.1, -0.05) is 0 Å². The van der Waals surface area contributed by atoms with Crippen LogP contribution in [0.2, 0.25) is 0 Å². The Kier molecular flexibility index (Phi) is 3.87. The van der Waals surface area contributed by atoms with Crippen molar-refractivity contribution in [3.8, 4) is 0 Å². The first-order valence-electron chi connectivity index (χ1n) is 6.23. The summed E-state index contributed by atoms with van der Waals surface area (Å²) in [5.41, 5.74) is 2.32. The van der Waals surface area contributed by atoms with Crippen LogP contribution in [0.4, 0.5) is 5.69 Å². The number of rotatable bonds is 4. The number of aryl methyl sites for hydroxylation is 1. The molecule has 2 unspecified atom stereocenters. The third-order valence-corrected chi connectivity index (χ3v) is 3.55. The molecule has 0 spiro atoms. The molecular weight excluding hydrogens is 230 g/mol. The summed E-state index contributed by atoms with van der Waals surface area (Å²) in [6, 6.07) is 5.61. The van der Waals surface area contributed by atoms with Gasteiger partial charge in [-0.25, -0.2) is 4.79 Å². The maximum atomic E-state index is 10.9. The highest BCUT2D eigenvalue weighted by atomic mass is 16.5. The third-order valence-electron chi connectivity index (χ3n) is 3.55. The lowest BCUT2D eigenvalue weighted by molar-refractivity contribution is 0.0697. The Morgan fingerprint density at radius 1 is 1.44 bits per heavy atom. The minimum absolute atomic E-state index is 0.333. The van der Waals surface area contributed by atoms with E-state index in [9.17, 15) is 4.79 Å². The molecule has 1 aromatic rings. The van der Waals surface area contributed by atoms with Crippen LogP contribution in [0.25, 0.3) is 0 Å². The van der Waals surface area contributed by atoms with Crippen LogP contribution in [0.5, 0.6) is 0 Å². The second-order valence-corrected chi connectivity index (χ2v) is 4.85. The van der Waals surface area contributed by atoms with Gasteiger partial charge in [0.2, 0.25) is 0 Å². The van der Waals surface area contributed by atoms with E-state index in [1.165, 1.54) is 0 Å². The molecule has 98 valence electrons. The zero-order chi connectivity index (χ0) is 13.1. The number of benzene rings is 1. The van der Waals surface area contributed by atoms with Crippen molar-refractivity contribution >= 4 is 11.7 Å². The number of hydrogen-bond donors (Lipinski definition) is 2. The number of hydrogen-bond acceptors (Lipinski definition) is 3. The van der Waals surface area contributed by atoms with E-state index >= 15 is 0 Å². The lowest BCUT2D eigenvalue weighted by Crippen LogP contribution is -2.18. The molecule has 0 aliphatic heterocycles. The Labute approximate surface area is 107 Å². The van der Waals surface area contributed by atoms with Gasteiger partial charge in [0, 0.05) is 18.8 Å². The normalized spacial score (nSPS) is 23.0. The van der Waals surface area contributed by atoms with Crippen LogP contribution in [-0.2, 0) is 4.74 Å². The van der Waals surface area contributed by atoms with Gasteiger partial charge in [0.1, 0.15) is 0 Å². The van der Waals surface area contributed by atoms with Gasteiger partial charge in [-0.15, -0.1) is 0 Å². The molecule has 2 N–H and O–H groups in total. The first-order chi connectivity index (χ1) is 8.60. The SMILES string of the molecule is COC1CCC(Nc2ccc(C(=O)O)cc2C)C1. The maximum Gasteiger partial charge on any atom is 0.335 e. The van der Waals surface area contributed by atoms with E-state index in [2.05, 4.69) is 5.32 Å². The van der Waals surface area contributed by atoms with Crippen LogP contribution < -0.4 is 5.32 Å². The number of anilines is 1. The van der Waals surface area contributed by atoms with Crippen LogP contribution in [0, 0.1) is 6.92 Å². The lowest BCUT2D eigenvalue weighted by atomic mass is 10.1. The molecule has 0 bridgehead atoms. The quantitative estimate of drug-likeness (QED) is 0.861. The molecule has 0 amide bonds. The summed E-state index contributed by atoms with van der Waals surface area (Å²) in [6.07, 6.45) is 3.54. The van der Waals surface area contributed by atoms with E-state index in [-0.39, 0.29) is 0 Å². The van der Waals surface area contributed by atoms with Crippen molar-refractivity contribution in [2.24, 2.45) is 0 Å². The van der Waals surface area contributed by atoms with Crippen LogP contribution in [0.3, 0.4) is 0 Å². The highest BCUT2D eigenvalue weighted by Crippen LogP contribution is 2.26. The third kappa shape index (κ3) is 2.82. The minimum atomic E-state index is -0.884. The Morgan fingerprint density at radius 2 is 2.22 bits per heavy atom. The Hall–Kier alpha value is -1.55. The summed E-state index contributed by atoms with van der Waals surface area (Å²) in [4.78, 5) is 10.9. The Bertz CT molecular complexity index is 445. The summed E-state index contributed by atoms with van der Waals surface area (Å²) in [6.45, 7) is 1.93. The average Bonchev–Trinajstić information content (AvgIpc) is 2.79. The topological polar surface area (TPSA) is 58.6 Å². The molecule has 18 heavy (non-hydrogen) atoms. The van der Waals surface area contributed by atoms with Gasteiger partial charge in [-0.2, -0.15) is 0 Å². The molecule has 1 aliphatic carbocycles. The summed E-state index contributed by atoms with van der Waals surface area (Å²) in [5.74, 6) is -0.884. The van der Waals surface area contributed by atoms with E-state index in [4.69, 9.17) is 9.84 Å². The molecular formula is C14H19NO3.